The smallest absolute Gasteiger partial charge is 0.332 e. The van der Waals surface area contributed by atoms with Gasteiger partial charge in [0.05, 0.1) is 7.11 Å². The van der Waals surface area contributed by atoms with Crippen molar-refractivity contribution in [2.45, 2.75) is 39.5 Å². The van der Waals surface area contributed by atoms with Crippen LogP contribution in [0.15, 0.2) is 35.2 Å². The molecule has 0 atom stereocenters. The van der Waals surface area contributed by atoms with Gasteiger partial charge in [-0.3, -0.25) is 4.79 Å². The number of carbonyl (C=O) groups is 1. The summed E-state index contributed by atoms with van der Waals surface area (Å²) in [5, 5.41) is 0. The molecule has 2 aromatic rings. The van der Waals surface area contributed by atoms with Crippen molar-refractivity contribution < 1.29 is 21.8 Å². The van der Waals surface area contributed by atoms with Crippen LogP contribution in [0.3, 0.4) is 0 Å². The molecule has 0 saturated carbocycles. The molecule has 27 heavy (non-hydrogen) atoms. The summed E-state index contributed by atoms with van der Waals surface area (Å²) >= 11 is 0. The highest BCUT2D eigenvalue weighted by molar-refractivity contribution is 7.86. The normalized spacial score (nSPS) is 12.2. The molecule has 2 rings (SSSR count). The van der Waals surface area contributed by atoms with E-state index in [2.05, 4.69) is 0 Å². The number of methoxy groups -OCH3 is 1. The number of hydrogen-bond acceptors (Lipinski definition) is 4. The van der Waals surface area contributed by atoms with Gasteiger partial charge in [-0.05, 0) is 91.8 Å². The Morgan fingerprint density at radius 3 is 1.81 bits per heavy atom. The Balaban J connectivity index is 2.87. The molecule has 0 spiro atoms. The molecule has 0 N–H and O–H groups in total. The van der Waals surface area contributed by atoms with E-state index in [1.165, 1.54) is 13.0 Å². The Labute approximate surface area is 159 Å². The zero-order chi connectivity index (χ0) is 20.5. The first kappa shape index (κ1) is 20.8. The largest absolute Gasteiger partial charge is 0.497 e. The van der Waals surface area contributed by atoms with E-state index in [0.29, 0.717) is 33.6 Å². The molecule has 144 valence electrons. The molecule has 0 bridgehead atoms. The van der Waals surface area contributed by atoms with Gasteiger partial charge in [-0.25, -0.2) is 0 Å². The van der Waals surface area contributed by atoms with E-state index in [0.717, 1.165) is 11.1 Å². The lowest BCUT2D eigenvalue weighted by atomic mass is 9.86. The molecule has 2 aromatic carbocycles. The average Bonchev–Trinajstić information content (AvgIpc) is 2.58. The Morgan fingerprint density at radius 2 is 1.44 bits per heavy atom. The van der Waals surface area contributed by atoms with E-state index < -0.39 is 10.2 Å². The van der Waals surface area contributed by atoms with Gasteiger partial charge >= 0.3 is 10.2 Å². The fourth-order valence-corrected chi connectivity index (χ4v) is 4.36. The SMILES string of the molecule is COc1ccc(/C(=C/C(C)=O)c2c(C)c(C)c(S(=O)(=O)F)c(C)c2C)cc1. The maximum atomic E-state index is 13.8. The third-order valence-corrected chi connectivity index (χ3v) is 5.92. The van der Waals surface area contributed by atoms with Crippen LogP contribution in [-0.4, -0.2) is 21.3 Å². The zero-order valence-electron chi connectivity index (χ0n) is 16.3. The van der Waals surface area contributed by atoms with Gasteiger partial charge in [0, 0.05) is 0 Å². The third kappa shape index (κ3) is 4.11. The molecule has 6 heteroatoms. The minimum atomic E-state index is -4.85. The van der Waals surface area contributed by atoms with Gasteiger partial charge in [0.15, 0.2) is 5.78 Å². The molecule has 0 aromatic heterocycles. The highest BCUT2D eigenvalue weighted by Gasteiger charge is 2.25. The molecule has 0 aliphatic heterocycles. The van der Waals surface area contributed by atoms with Gasteiger partial charge in [-0.1, -0.05) is 12.1 Å². The van der Waals surface area contributed by atoms with Crippen LogP contribution in [0.2, 0.25) is 0 Å². The van der Waals surface area contributed by atoms with E-state index >= 15 is 0 Å². The minimum absolute atomic E-state index is 0.142. The van der Waals surface area contributed by atoms with Crippen molar-refractivity contribution in [3.63, 3.8) is 0 Å². The Morgan fingerprint density at radius 1 is 0.963 bits per heavy atom. The van der Waals surface area contributed by atoms with E-state index in [1.54, 1.807) is 46.9 Å². The lowest BCUT2D eigenvalue weighted by Gasteiger charge is -2.21. The molecule has 0 amide bonds. The molecule has 0 radical (unpaired) electrons. The summed E-state index contributed by atoms with van der Waals surface area (Å²) in [6.07, 6.45) is 1.51. The fraction of sp³-hybridized carbons (Fsp3) is 0.286. The summed E-state index contributed by atoms with van der Waals surface area (Å²) in [6, 6.07) is 7.23. The maximum Gasteiger partial charge on any atom is 0.332 e. The van der Waals surface area contributed by atoms with Crippen LogP contribution in [0.4, 0.5) is 3.89 Å². The Bertz CT molecular complexity index is 1000. The van der Waals surface area contributed by atoms with Gasteiger partial charge in [-0.15, -0.1) is 3.89 Å². The number of ketones is 1. The molecule has 0 unspecified atom stereocenters. The van der Waals surface area contributed by atoms with Crippen LogP contribution in [0, 0.1) is 27.7 Å². The molecule has 0 aliphatic rings. The lowest BCUT2D eigenvalue weighted by molar-refractivity contribution is -0.112. The lowest BCUT2D eigenvalue weighted by Crippen LogP contribution is -2.08. The molecule has 0 fully saturated rings. The number of allylic oxidation sites excluding steroid dienone is 1. The fourth-order valence-electron chi connectivity index (χ4n) is 3.32. The second kappa shape index (κ2) is 7.64. The van der Waals surface area contributed by atoms with Crippen molar-refractivity contribution in [3.05, 3.63) is 63.7 Å². The van der Waals surface area contributed by atoms with Gasteiger partial charge in [0.1, 0.15) is 10.6 Å². The summed E-state index contributed by atoms with van der Waals surface area (Å²) in [7, 11) is -3.28. The maximum absolute atomic E-state index is 13.8. The van der Waals surface area contributed by atoms with Crippen molar-refractivity contribution in [2.75, 3.05) is 7.11 Å². The van der Waals surface area contributed by atoms with Crippen LogP contribution >= 0.6 is 0 Å². The summed E-state index contributed by atoms with van der Waals surface area (Å²) in [4.78, 5) is 11.6. The van der Waals surface area contributed by atoms with Gasteiger partial charge in [0.25, 0.3) is 0 Å². The molecule has 0 heterocycles. The monoisotopic (exact) mass is 390 g/mol. The van der Waals surface area contributed by atoms with Crippen molar-refractivity contribution in [2.24, 2.45) is 0 Å². The molecule has 0 saturated heterocycles. The van der Waals surface area contributed by atoms with Crippen LogP contribution in [0.1, 0.15) is 40.3 Å². The summed E-state index contributed by atoms with van der Waals surface area (Å²) in [5.74, 6) is 0.540. The van der Waals surface area contributed by atoms with Crippen molar-refractivity contribution in [1.29, 1.82) is 0 Å². The highest BCUT2D eigenvalue weighted by Crippen LogP contribution is 2.37. The van der Waals surface area contributed by atoms with Crippen LogP contribution < -0.4 is 4.74 Å². The predicted octanol–water partition coefficient (Wildman–Crippen LogP) is 4.61. The minimum Gasteiger partial charge on any atom is -0.497 e. The van der Waals surface area contributed by atoms with Gasteiger partial charge in [-0.2, -0.15) is 8.42 Å². The Kier molecular flexibility index (Phi) is 5.90. The van der Waals surface area contributed by atoms with Crippen molar-refractivity contribution in [3.8, 4) is 5.75 Å². The first-order valence-corrected chi connectivity index (χ1v) is 9.79. The number of rotatable bonds is 5. The second-order valence-electron chi connectivity index (χ2n) is 6.54. The van der Waals surface area contributed by atoms with Crippen LogP contribution in [0.5, 0.6) is 5.75 Å². The number of benzene rings is 2. The average molecular weight is 390 g/mol. The number of halogens is 1. The van der Waals surface area contributed by atoms with Gasteiger partial charge < -0.3 is 4.74 Å². The second-order valence-corrected chi connectivity index (χ2v) is 7.82. The first-order valence-electron chi connectivity index (χ1n) is 8.41. The third-order valence-electron chi connectivity index (χ3n) is 4.82. The molecular formula is C21H23FO4S. The van der Waals surface area contributed by atoms with Crippen LogP contribution in [0.25, 0.3) is 5.57 Å². The number of hydrogen-bond donors (Lipinski definition) is 0. The van der Waals surface area contributed by atoms with E-state index in [1.807, 2.05) is 12.1 Å². The van der Waals surface area contributed by atoms with Crippen molar-refractivity contribution in [1.82, 2.24) is 0 Å². The molecule has 0 aliphatic carbocycles. The quantitative estimate of drug-likeness (QED) is 0.553. The first-order chi connectivity index (χ1) is 12.5. The summed E-state index contributed by atoms with van der Waals surface area (Å²) < 4.78 is 42.3. The molecular weight excluding hydrogens is 367 g/mol. The summed E-state index contributed by atoms with van der Waals surface area (Å²) in [6.45, 7) is 8.09. The standard InChI is InChI=1S/C21H23FO4S/c1-12(23)11-19(17-7-9-18(26-6)10-8-17)20-13(2)15(4)21(27(22,24)25)16(5)14(20)3/h7-11H,1-6H3/b19-11-. The topological polar surface area (TPSA) is 60.4 Å². The molecule has 4 nitrogen and oxygen atoms in total. The van der Waals surface area contributed by atoms with Gasteiger partial charge in [0.2, 0.25) is 0 Å². The zero-order valence-corrected chi connectivity index (χ0v) is 17.1. The number of ether oxygens (including phenoxy) is 1. The van der Waals surface area contributed by atoms with E-state index in [-0.39, 0.29) is 10.7 Å². The van der Waals surface area contributed by atoms with E-state index in [4.69, 9.17) is 4.74 Å². The van der Waals surface area contributed by atoms with Crippen LogP contribution in [-0.2, 0) is 15.0 Å². The predicted molar refractivity (Wildman–Crippen MR) is 104 cm³/mol. The highest BCUT2D eigenvalue weighted by atomic mass is 32.3. The number of carbonyl (C=O) groups excluding carboxylic acids is 1. The summed E-state index contributed by atoms with van der Waals surface area (Å²) in [5.41, 5.74) is 4.12. The van der Waals surface area contributed by atoms with E-state index in [9.17, 15) is 17.1 Å². The Hall–Kier alpha value is -2.47. The van der Waals surface area contributed by atoms with Crippen molar-refractivity contribution >= 4 is 21.6 Å².